The minimum Gasteiger partial charge on any atom is -0.303 e. The molecule has 2 atom stereocenters. The molecule has 0 aliphatic carbocycles. The lowest BCUT2D eigenvalue weighted by molar-refractivity contribution is -0.114. The molecule has 0 aromatic carbocycles. The number of hydrogen-bond donors (Lipinski definition) is 0. The zero-order valence-corrected chi connectivity index (χ0v) is 8.29. The fourth-order valence-corrected chi connectivity index (χ4v) is 2.11. The summed E-state index contributed by atoms with van der Waals surface area (Å²) >= 11 is 0. The number of carbonyl (C=O) groups is 1. The van der Waals surface area contributed by atoms with Gasteiger partial charge in [0.2, 0.25) is 0 Å². The topological polar surface area (TPSA) is 20.3 Å². The summed E-state index contributed by atoms with van der Waals surface area (Å²) in [6, 6.07) is 0.502. The molecule has 12 heavy (non-hydrogen) atoms. The molecule has 1 saturated heterocycles. The van der Waals surface area contributed by atoms with E-state index in [1.165, 1.54) is 12.8 Å². The second kappa shape index (κ2) is 4.04. The van der Waals surface area contributed by atoms with Gasteiger partial charge in [0, 0.05) is 12.0 Å². The molecule has 2 nitrogen and oxygen atoms in total. The number of hydrogen-bond acceptors (Lipinski definition) is 2. The number of nitrogens with zero attached hydrogens (tertiary/aromatic N) is 1. The van der Waals surface area contributed by atoms with Crippen molar-refractivity contribution in [3.8, 4) is 0 Å². The summed E-state index contributed by atoms with van der Waals surface area (Å²) in [5.74, 6) is 0.713. The highest BCUT2D eigenvalue weighted by Crippen LogP contribution is 2.25. The number of carbonyl (C=O) groups excluding carboxylic acids is 1. The van der Waals surface area contributed by atoms with Crippen molar-refractivity contribution in [2.45, 2.75) is 32.7 Å². The van der Waals surface area contributed by atoms with Crippen molar-refractivity contribution in [3.63, 3.8) is 0 Å². The molecule has 1 rings (SSSR count). The maximum atomic E-state index is 10.9. The Bertz CT molecular complexity index is 156. The quantitative estimate of drug-likeness (QED) is 0.597. The first-order valence-electron chi connectivity index (χ1n) is 4.82. The largest absolute Gasteiger partial charge is 0.303 e. The van der Waals surface area contributed by atoms with E-state index in [4.69, 9.17) is 0 Å². The van der Waals surface area contributed by atoms with Crippen LogP contribution in [0.1, 0.15) is 26.7 Å². The molecule has 0 amide bonds. The predicted molar refractivity (Wildman–Crippen MR) is 50.0 cm³/mol. The average molecular weight is 169 g/mol. The Morgan fingerprint density at radius 1 is 1.50 bits per heavy atom. The fourth-order valence-electron chi connectivity index (χ4n) is 2.11. The third-order valence-corrected chi connectivity index (χ3v) is 2.95. The molecule has 2 unspecified atom stereocenters. The molecule has 1 heterocycles. The van der Waals surface area contributed by atoms with Gasteiger partial charge in [-0.3, -0.25) is 0 Å². The van der Waals surface area contributed by atoms with Gasteiger partial charge >= 0.3 is 0 Å². The smallest absolute Gasteiger partial charge is 0.124 e. The molecule has 0 aromatic rings. The average Bonchev–Trinajstić information content (AvgIpc) is 2.38. The Hall–Kier alpha value is -0.370. The molecule has 0 radical (unpaired) electrons. The van der Waals surface area contributed by atoms with Crippen molar-refractivity contribution in [1.29, 1.82) is 0 Å². The van der Waals surface area contributed by atoms with E-state index in [1.54, 1.807) is 0 Å². The zero-order chi connectivity index (χ0) is 9.14. The van der Waals surface area contributed by atoms with E-state index in [0.717, 1.165) is 12.8 Å². The zero-order valence-electron chi connectivity index (χ0n) is 8.29. The third-order valence-electron chi connectivity index (χ3n) is 2.95. The van der Waals surface area contributed by atoms with Crippen molar-refractivity contribution >= 4 is 6.29 Å². The molecule has 0 aromatic heterocycles. The fraction of sp³-hybridized carbons (Fsp3) is 0.900. The van der Waals surface area contributed by atoms with Crippen molar-refractivity contribution in [2.75, 3.05) is 13.6 Å². The van der Waals surface area contributed by atoms with Crippen LogP contribution in [0, 0.1) is 11.8 Å². The van der Waals surface area contributed by atoms with Gasteiger partial charge in [0.25, 0.3) is 0 Å². The van der Waals surface area contributed by atoms with Crippen molar-refractivity contribution in [3.05, 3.63) is 0 Å². The summed E-state index contributed by atoms with van der Waals surface area (Å²) in [6.45, 7) is 5.41. The maximum Gasteiger partial charge on any atom is 0.124 e. The highest BCUT2D eigenvalue weighted by molar-refractivity contribution is 5.55. The van der Waals surface area contributed by atoms with Crippen LogP contribution in [0.3, 0.4) is 0 Å². The van der Waals surface area contributed by atoms with Crippen LogP contribution in [0.2, 0.25) is 0 Å². The van der Waals surface area contributed by atoms with Crippen LogP contribution in [0.4, 0.5) is 0 Å². The van der Waals surface area contributed by atoms with Gasteiger partial charge in [-0.15, -0.1) is 0 Å². The second-order valence-electron chi connectivity index (χ2n) is 4.15. The standard InChI is InChI=1S/C10H19NO/c1-8(2)9(7-12)10-5-4-6-11(10)3/h7-10H,4-6H2,1-3H3. The van der Waals surface area contributed by atoms with Crippen LogP contribution in [-0.2, 0) is 4.79 Å². The summed E-state index contributed by atoms with van der Waals surface area (Å²) in [5, 5.41) is 0. The van der Waals surface area contributed by atoms with Crippen LogP contribution in [0.5, 0.6) is 0 Å². The van der Waals surface area contributed by atoms with Gasteiger partial charge in [0.05, 0.1) is 0 Å². The SMILES string of the molecule is CC(C)C(C=O)C1CCCN1C. The highest BCUT2D eigenvalue weighted by Gasteiger charge is 2.30. The van der Waals surface area contributed by atoms with Crippen LogP contribution in [0.15, 0.2) is 0 Å². The first-order valence-corrected chi connectivity index (χ1v) is 4.82. The summed E-state index contributed by atoms with van der Waals surface area (Å²) in [7, 11) is 2.12. The molecule has 0 saturated carbocycles. The van der Waals surface area contributed by atoms with Crippen LogP contribution >= 0.6 is 0 Å². The summed E-state index contributed by atoms with van der Waals surface area (Å²) < 4.78 is 0. The Morgan fingerprint density at radius 2 is 2.17 bits per heavy atom. The summed E-state index contributed by atoms with van der Waals surface area (Å²) in [5.41, 5.74) is 0. The van der Waals surface area contributed by atoms with Gasteiger partial charge in [-0.05, 0) is 32.4 Å². The maximum absolute atomic E-state index is 10.9. The lowest BCUT2D eigenvalue weighted by Gasteiger charge is -2.27. The van der Waals surface area contributed by atoms with Gasteiger partial charge in [0.1, 0.15) is 6.29 Å². The van der Waals surface area contributed by atoms with E-state index < -0.39 is 0 Å². The Morgan fingerprint density at radius 3 is 2.50 bits per heavy atom. The van der Waals surface area contributed by atoms with Gasteiger partial charge in [-0.1, -0.05) is 13.8 Å². The van der Waals surface area contributed by atoms with E-state index in [1.807, 2.05) is 0 Å². The van der Waals surface area contributed by atoms with Crippen LogP contribution < -0.4 is 0 Å². The molecule has 1 fully saturated rings. The molecular formula is C10H19NO. The first-order chi connectivity index (χ1) is 5.66. The first kappa shape index (κ1) is 9.72. The van der Waals surface area contributed by atoms with E-state index in [-0.39, 0.29) is 5.92 Å². The lowest BCUT2D eigenvalue weighted by atomic mass is 9.88. The normalized spacial score (nSPS) is 27.8. The lowest BCUT2D eigenvalue weighted by Crippen LogP contribution is -2.36. The number of likely N-dealkylation sites (tertiary alicyclic amines) is 1. The van der Waals surface area contributed by atoms with Crippen molar-refractivity contribution < 1.29 is 4.79 Å². The van der Waals surface area contributed by atoms with Crippen molar-refractivity contribution in [2.24, 2.45) is 11.8 Å². The third kappa shape index (κ3) is 1.86. The molecular weight excluding hydrogens is 150 g/mol. The minimum atomic E-state index is 0.234. The van der Waals surface area contributed by atoms with Crippen LogP contribution in [0.25, 0.3) is 0 Å². The van der Waals surface area contributed by atoms with Gasteiger partial charge in [-0.2, -0.15) is 0 Å². The van der Waals surface area contributed by atoms with Crippen LogP contribution in [-0.4, -0.2) is 30.8 Å². The number of rotatable bonds is 3. The Labute approximate surface area is 74.9 Å². The molecule has 1 aliphatic rings. The van der Waals surface area contributed by atoms with Gasteiger partial charge < -0.3 is 9.69 Å². The summed E-state index contributed by atoms with van der Waals surface area (Å²) in [4.78, 5) is 13.2. The molecule has 0 bridgehead atoms. The molecule has 2 heteroatoms. The summed E-state index contributed by atoms with van der Waals surface area (Å²) in [6.07, 6.45) is 3.58. The Balaban J connectivity index is 2.58. The number of aldehydes is 1. The second-order valence-corrected chi connectivity index (χ2v) is 4.15. The molecule has 0 N–H and O–H groups in total. The van der Waals surface area contributed by atoms with Crippen molar-refractivity contribution in [1.82, 2.24) is 4.90 Å². The molecule has 1 aliphatic heterocycles. The van der Waals surface area contributed by atoms with E-state index >= 15 is 0 Å². The van der Waals surface area contributed by atoms with Gasteiger partial charge in [-0.25, -0.2) is 0 Å². The highest BCUT2D eigenvalue weighted by atomic mass is 16.1. The van der Waals surface area contributed by atoms with E-state index in [9.17, 15) is 4.79 Å². The van der Waals surface area contributed by atoms with E-state index in [0.29, 0.717) is 12.0 Å². The monoisotopic (exact) mass is 169 g/mol. The predicted octanol–water partition coefficient (Wildman–Crippen LogP) is 1.55. The molecule has 70 valence electrons. The van der Waals surface area contributed by atoms with Gasteiger partial charge in [0.15, 0.2) is 0 Å². The molecule has 0 spiro atoms. The van der Waals surface area contributed by atoms with E-state index in [2.05, 4.69) is 25.8 Å². The minimum absolute atomic E-state index is 0.234. The Kier molecular flexibility index (Phi) is 3.27.